The highest BCUT2D eigenvalue weighted by Gasteiger charge is 2.52. The van der Waals surface area contributed by atoms with Crippen LogP contribution in [-0.2, 0) is 9.47 Å². The number of nitrogens with one attached hydrogen (secondary N) is 1. The van der Waals surface area contributed by atoms with Gasteiger partial charge in [0.25, 0.3) is 0 Å². The molecule has 3 atom stereocenters. The first-order chi connectivity index (χ1) is 7.33. The predicted molar refractivity (Wildman–Crippen MR) is 57.6 cm³/mol. The fraction of sp³-hybridized carbons (Fsp3) is 1.00. The van der Waals surface area contributed by atoms with Gasteiger partial charge in [-0.25, -0.2) is 0 Å². The largest absolute Gasteiger partial charge is 0.343 e. The Morgan fingerprint density at radius 1 is 1.20 bits per heavy atom. The van der Waals surface area contributed by atoms with Crippen LogP contribution < -0.4 is 5.32 Å². The molecule has 0 aromatic rings. The van der Waals surface area contributed by atoms with Crippen molar-refractivity contribution in [2.45, 2.75) is 69.5 Å². The van der Waals surface area contributed by atoms with E-state index >= 15 is 0 Å². The molecule has 0 amide bonds. The molecular formula is C12H21NO2. The topological polar surface area (TPSA) is 30.5 Å². The second-order valence-electron chi connectivity index (χ2n) is 5.13. The quantitative estimate of drug-likeness (QED) is 0.717. The zero-order valence-corrected chi connectivity index (χ0v) is 9.50. The average Bonchev–Trinajstić information content (AvgIpc) is 2.76. The van der Waals surface area contributed by atoms with E-state index < -0.39 is 0 Å². The Labute approximate surface area is 91.5 Å². The molecule has 1 N–H and O–H groups in total. The zero-order valence-electron chi connectivity index (χ0n) is 9.50. The molecule has 1 aliphatic carbocycles. The van der Waals surface area contributed by atoms with Crippen molar-refractivity contribution in [3.05, 3.63) is 0 Å². The molecule has 3 rings (SSSR count). The van der Waals surface area contributed by atoms with Crippen molar-refractivity contribution in [3.63, 3.8) is 0 Å². The van der Waals surface area contributed by atoms with Crippen molar-refractivity contribution in [2.24, 2.45) is 0 Å². The van der Waals surface area contributed by atoms with E-state index in [0.717, 1.165) is 25.8 Å². The van der Waals surface area contributed by atoms with E-state index in [1.807, 2.05) is 0 Å². The Morgan fingerprint density at radius 3 is 2.73 bits per heavy atom. The SMILES string of the molecule is CC[C@@H]1NCC2OC3(CCCCC3)OC21. The number of ether oxygens (including phenoxy) is 2. The summed E-state index contributed by atoms with van der Waals surface area (Å²) in [5.41, 5.74) is 0. The zero-order chi connectivity index (χ0) is 10.3. The lowest BCUT2D eigenvalue weighted by Gasteiger charge is -2.33. The lowest BCUT2D eigenvalue weighted by atomic mass is 9.94. The third-order valence-corrected chi connectivity index (χ3v) is 4.12. The highest BCUT2D eigenvalue weighted by Crippen LogP contribution is 2.42. The van der Waals surface area contributed by atoms with Gasteiger partial charge in [0.2, 0.25) is 0 Å². The monoisotopic (exact) mass is 211 g/mol. The fourth-order valence-corrected chi connectivity index (χ4v) is 3.28. The van der Waals surface area contributed by atoms with Gasteiger partial charge in [-0.3, -0.25) is 0 Å². The molecule has 3 fully saturated rings. The molecule has 3 heteroatoms. The van der Waals surface area contributed by atoms with Gasteiger partial charge in [0.1, 0.15) is 12.2 Å². The molecule has 2 saturated heterocycles. The van der Waals surface area contributed by atoms with E-state index in [4.69, 9.17) is 9.47 Å². The van der Waals surface area contributed by atoms with E-state index in [1.165, 1.54) is 19.3 Å². The van der Waals surface area contributed by atoms with Crippen LogP contribution in [0.15, 0.2) is 0 Å². The third-order valence-electron chi connectivity index (χ3n) is 4.12. The number of rotatable bonds is 1. The standard InChI is InChI=1S/C12H21NO2/c1-2-9-11-10(8-13-9)14-12(15-11)6-4-3-5-7-12/h9-11,13H,2-8H2,1H3/t9-,10?,11?/m0/s1. The highest BCUT2D eigenvalue weighted by atomic mass is 16.8. The summed E-state index contributed by atoms with van der Waals surface area (Å²) in [4.78, 5) is 0. The van der Waals surface area contributed by atoms with Gasteiger partial charge in [0, 0.05) is 25.4 Å². The first-order valence-corrected chi connectivity index (χ1v) is 6.42. The molecule has 1 spiro atoms. The van der Waals surface area contributed by atoms with Gasteiger partial charge in [0.05, 0.1) is 0 Å². The Balaban J connectivity index is 1.72. The van der Waals surface area contributed by atoms with Gasteiger partial charge in [-0.05, 0) is 19.3 Å². The first-order valence-electron chi connectivity index (χ1n) is 6.42. The normalized spacial score (nSPS) is 43.4. The molecule has 3 nitrogen and oxygen atoms in total. The summed E-state index contributed by atoms with van der Waals surface area (Å²) in [7, 11) is 0. The van der Waals surface area contributed by atoms with E-state index in [-0.39, 0.29) is 5.79 Å². The Kier molecular flexibility index (Phi) is 2.49. The summed E-state index contributed by atoms with van der Waals surface area (Å²) < 4.78 is 12.4. The van der Waals surface area contributed by atoms with Crippen molar-refractivity contribution in [1.82, 2.24) is 5.32 Å². The van der Waals surface area contributed by atoms with Crippen molar-refractivity contribution >= 4 is 0 Å². The van der Waals surface area contributed by atoms with E-state index in [9.17, 15) is 0 Å². The molecule has 2 aliphatic heterocycles. The van der Waals surface area contributed by atoms with Gasteiger partial charge in [-0.15, -0.1) is 0 Å². The minimum atomic E-state index is -0.191. The van der Waals surface area contributed by atoms with Crippen molar-refractivity contribution in [1.29, 1.82) is 0 Å². The van der Waals surface area contributed by atoms with Gasteiger partial charge in [-0.2, -0.15) is 0 Å². The van der Waals surface area contributed by atoms with Crippen LogP contribution in [-0.4, -0.2) is 30.6 Å². The molecule has 2 heterocycles. The van der Waals surface area contributed by atoms with Gasteiger partial charge < -0.3 is 14.8 Å². The maximum Gasteiger partial charge on any atom is 0.169 e. The summed E-state index contributed by atoms with van der Waals surface area (Å²) in [5, 5.41) is 3.48. The van der Waals surface area contributed by atoms with Crippen LogP contribution in [0.1, 0.15) is 45.4 Å². The summed E-state index contributed by atoms with van der Waals surface area (Å²) in [6.45, 7) is 3.19. The minimum Gasteiger partial charge on any atom is -0.343 e. The fourth-order valence-electron chi connectivity index (χ4n) is 3.28. The summed E-state index contributed by atoms with van der Waals surface area (Å²) in [6, 6.07) is 0.510. The molecular weight excluding hydrogens is 190 g/mol. The van der Waals surface area contributed by atoms with E-state index in [0.29, 0.717) is 18.2 Å². The van der Waals surface area contributed by atoms with Crippen LogP contribution in [0, 0.1) is 0 Å². The maximum atomic E-state index is 6.23. The molecule has 0 aromatic carbocycles. The number of hydrogen-bond acceptors (Lipinski definition) is 3. The van der Waals surface area contributed by atoms with Gasteiger partial charge in [0.15, 0.2) is 5.79 Å². The lowest BCUT2D eigenvalue weighted by molar-refractivity contribution is -0.199. The van der Waals surface area contributed by atoms with Crippen molar-refractivity contribution < 1.29 is 9.47 Å². The van der Waals surface area contributed by atoms with E-state index in [2.05, 4.69) is 12.2 Å². The molecule has 86 valence electrons. The summed E-state index contributed by atoms with van der Waals surface area (Å²) in [6.07, 6.45) is 7.86. The predicted octanol–water partition coefficient (Wildman–Crippen LogP) is 1.81. The van der Waals surface area contributed by atoms with Crippen LogP contribution in [0.5, 0.6) is 0 Å². The smallest absolute Gasteiger partial charge is 0.169 e. The Bertz CT molecular complexity index is 238. The maximum absolute atomic E-state index is 6.23. The second kappa shape index (κ2) is 3.72. The lowest BCUT2D eigenvalue weighted by Crippen LogP contribution is -2.39. The first kappa shape index (κ1) is 10.1. The van der Waals surface area contributed by atoms with Crippen LogP contribution in [0.3, 0.4) is 0 Å². The molecule has 15 heavy (non-hydrogen) atoms. The molecule has 1 saturated carbocycles. The molecule has 0 bridgehead atoms. The van der Waals surface area contributed by atoms with Crippen molar-refractivity contribution in [2.75, 3.05) is 6.54 Å². The Morgan fingerprint density at radius 2 is 2.00 bits per heavy atom. The van der Waals surface area contributed by atoms with Crippen molar-refractivity contribution in [3.8, 4) is 0 Å². The van der Waals surface area contributed by atoms with Crippen LogP contribution in [0.4, 0.5) is 0 Å². The van der Waals surface area contributed by atoms with E-state index in [1.54, 1.807) is 0 Å². The van der Waals surface area contributed by atoms with Gasteiger partial charge in [-0.1, -0.05) is 13.3 Å². The van der Waals surface area contributed by atoms with Gasteiger partial charge >= 0.3 is 0 Å². The van der Waals surface area contributed by atoms with Crippen LogP contribution in [0.2, 0.25) is 0 Å². The highest BCUT2D eigenvalue weighted by molar-refractivity contribution is 4.99. The summed E-state index contributed by atoms with van der Waals surface area (Å²) in [5.74, 6) is -0.191. The van der Waals surface area contributed by atoms with Crippen LogP contribution in [0.25, 0.3) is 0 Å². The minimum absolute atomic E-state index is 0.191. The van der Waals surface area contributed by atoms with Crippen LogP contribution >= 0.6 is 0 Å². The average molecular weight is 211 g/mol. The third kappa shape index (κ3) is 1.61. The molecule has 0 aromatic heterocycles. The molecule has 0 radical (unpaired) electrons. The number of hydrogen-bond donors (Lipinski definition) is 1. The summed E-state index contributed by atoms with van der Waals surface area (Å²) >= 11 is 0. The number of fused-ring (bicyclic) bond motifs is 1. The Hall–Kier alpha value is -0.120. The molecule has 3 aliphatic rings. The molecule has 2 unspecified atom stereocenters. The second-order valence-corrected chi connectivity index (χ2v) is 5.13.